The number of hydrazine groups is 1. The second kappa shape index (κ2) is 10.9. The summed E-state index contributed by atoms with van der Waals surface area (Å²) in [5, 5.41) is 13.9. The Kier molecular flexibility index (Phi) is 8.08. The second-order valence-corrected chi connectivity index (χ2v) is 15.9. The summed E-state index contributed by atoms with van der Waals surface area (Å²) < 4.78 is 48.1. The zero-order valence-corrected chi connectivity index (χ0v) is 27.8. The number of carbonyl (C=O) groups excluding carboxylic acids is 2. The summed E-state index contributed by atoms with van der Waals surface area (Å²) in [5.74, 6) is 4.89. The van der Waals surface area contributed by atoms with Crippen molar-refractivity contribution in [3.05, 3.63) is 65.7 Å². The van der Waals surface area contributed by atoms with Gasteiger partial charge in [-0.15, -0.1) is 0 Å². The fourth-order valence-electron chi connectivity index (χ4n) is 9.79. The lowest BCUT2D eigenvalue weighted by atomic mass is 9.35. The van der Waals surface area contributed by atoms with E-state index in [1.807, 2.05) is 6.92 Å². The largest absolute Gasteiger partial charge is 0.451 e. The van der Waals surface area contributed by atoms with E-state index in [1.165, 1.54) is 19.1 Å². The minimum atomic E-state index is -3.93. The first-order chi connectivity index (χ1) is 20.8. The Bertz CT molecular complexity index is 1610. The molecule has 0 spiro atoms. The molecule has 1 aromatic rings. The van der Waals surface area contributed by atoms with E-state index < -0.39 is 61.8 Å². The summed E-state index contributed by atoms with van der Waals surface area (Å²) >= 11 is 0. The highest BCUT2D eigenvalue weighted by atomic mass is 32.2. The summed E-state index contributed by atoms with van der Waals surface area (Å²) in [6.45, 7) is 12.9. The molecule has 0 aromatic heterocycles. The average molecular weight is 645 g/mol. The molecule has 3 saturated carbocycles. The molecule has 9 nitrogen and oxygen atoms in total. The van der Waals surface area contributed by atoms with Crippen molar-refractivity contribution in [3.63, 3.8) is 0 Å². The summed E-state index contributed by atoms with van der Waals surface area (Å²) in [7, 11) is -3.93. The number of halogens is 1. The molecule has 4 aliphatic carbocycles. The summed E-state index contributed by atoms with van der Waals surface area (Å²) in [6.07, 6.45) is 6.72. The number of fused-ring (bicyclic) bond motifs is 5. The van der Waals surface area contributed by atoms with Crippen LogP contribution in [0.25, 0.3) is 0 Å². The molecule has 246 valence electrons. The van der Waals surface area contributed by atoms with E-state index in [2.05, 4.69) is 33.4 Å². The summed E-state index contributed by atoms with van der Waals surface area (Å²) in [6, 6.07) is 5.97. The van der Waals surface area contributed by atoms with Crippen LogP contribution in [-0.4, -0.2) is 49.8 Å². The lowest BCUT2D eigenvalue weighted by molar-refractivity contribution is -0.247. The molecule has 0 saturated heterocycles. The first-order valence-corrected chi connectivity index (χ1v) is 17.2. The lowest BCUT2D eigenvalue weighted by Crippen LogP contribution is -2.70. The molecule has 3 fully saturated rings. The monoisotopic (exact) mass is 644 g/mol. The third-order valence-electron chi connectivity index (χ3n) is 12.5. The van der Waals surface area contributed by atoms with Gasteiger partial charge >= 0.3 is 5.97 Å². The normalized spacial score (nSPS) is 37.6. The molecule has 1 aromatic carbocycles. The highest BCUT2D eigenvalue weighted by Crippen LogP contribution is 2.77. The van der Waals surface area contributed by atoms with Gasteiger partial charge in [0, 0.05) is 23.2 Å². The maximum Gasteiger partial charge on any atom is 0.303 e. The van der Waals surface area contributed by atoms with Gasteiger partial charge in [0.15, 0.2) is 5.60 Å². The van der Waals surface area contributed by atoms with Crippen molar-refractivity contribution in [1.82, 2.24) is 0 Å². The Balaban J connectivity index is 1.57. The van der Waals surface area contributed by atoms with Crippen LogP contribution in [0.15, 0.2) is 59.8 Å². The van der Waals surface area contributed by atoms with Gasteiger partial charge in [0.25, 0.3) is 10.1 Å². The van der Waals surface area contributed by atoms with Gasteiger partial charge in [-0.3, -0.25) is 18.8 Å². The zero-order chi connectivity index (χ0) is 33.4. The van der Waals surface area contributed by atoms with Crippen molar-refractivity contribution in [3.8, 4) is 0 Å². The first kappa shape index (κ1) is 33.5. The van der Waals surface area contributed by atoms with Gasteiger partial charge in [0.05, 0.1) is 23.7 Å². The molecule has 0 bridgehead atoms. The number of hydrogen-bond donors (Lipinski definition) is 2. The Hall–Kier alpha value is -2.86. The third kappa shape index (κ3) is 4.75. The fourth-order valence-corrected chi connectivity index (χ4v) is 10.1. The van der Waals surface area contributed by atoms with Crippen molar-refractivity contribution in [2.24, 2.45) is 33.4 Å². The quantitative estimate of drug-likeness (QED) is 0.171. The Labute approximate surface area is 265 Å². The molecular formula is C34H45FN2O7S. The molecule has 11 heteroatoms. The van der Waals surface area contributed by atoms with Crippen molar-refractivity contribution in [2.75, 3.05) is 17.9 Å². The van der Waals surface area contributed by atoms with E-state index in [4.69, 9.17) is 14.8 Å². The van der Waals surface area contributed by atoms with Crippen molar-refractivity contribution in [2.45, 2.75) is 84.8 Å². The second-order valence-electron chi connectivity index (χ2n) is 14.3. The number of benzene rings is 1. The number of ketones is 1. The smallest absolute Gasteiger partial charge is 0.303 e. The van der Waals surface area contributed by atoms with Gasteiger partial charge in [-0.2, -0.15) is 8.42 Å². The summed E-state index contributed by atoms with van der Waals surface area (Å²) in [4.78, 5) is 26.4. The van der Waals surface area contributed by atoms with Crippen LogP contribution >= 0.6 is 0 Å². The topological polar surface area (TPSA) is 136 Å². The number of rotatable bonds is 8. The molecule has 45 heavy (non-hydrogen) atoms. The molecule has 0 amide bonds. The van der Waals surface area contributed by atoms with Crippen LogP contribution < -0.4 is 10.9 Å². The first-order valence-electron chi connectivity index (χ1n) is 15.4. The van der Waals surface area contributed by atoms with E-state index in [9.17, 15) is 27.5 Å². The summed E-state index contributed by atoms with van der Waals surface area (Å²) in [5.41, 5.74) is -0.939. The van der Waals surface area contributed by atoms with Gasteiger partial charge in [-0.25, -0.2) is 10.2 Å². The number of nitrogens with two attached hydrogens (primary N) is 1. The third-order valence-corrected chi connectivity index (χ3v) is 13.0. The molecule has 5 rings (SSSR count). The van der Waals surface area contributed by atoms with Crippen LogP contribution in [0.5, 0.6) is 0 Å². The maximum absolute atomic E-state index is 13.9. The van der Waals surface area contributed by atoms with Gasteiger partial charge in [-0.05, 0) is 85.8 Å². The number of anilines is 1. The van der Waals surface area contributed by atoms with Gasteiger partial charge in [0.1, 0.15) is 12.4 Å². The predicted octanol–water partition coefficient (Wildman–Crippen LogP) is 5.12. The lowest BCUT2D eigenvalue weighted by Gasteiger charge is -2.70. The van der Waals surface area contributed by atoms with Crippen LogP contribution in [-0.2, 0) is 28.6 Å². The Morgan fingerprint density at radius 1 is 1.18 bits per heavy atom. The van der Waals surface area contributed by atoms with Crippen molar-refractivity contribution >= 4 is 27.6 Å². The average Bonchev–Trinajstić information content (AvgIpc) is 3.18. The van der Waals surface area contributed by atoms with E-state index >= 15 is 0 Å². The number of Topliss-reactive ketones (excluding diaryl/α,β-unsaturated/α-hetero) is 1. The van der Waals surface area contributed by atoms with E-state index in [1.54, 1.807) is 23.2 Å². The van der Waals surface area contributed by atoms with E-state index in [-0.39, 0.29) is 24.6 Å². The molecule has 0 aliphatic heterocycles. The Morgan fingerprint density at radius 3 is 2.40 bits per heavy atom. The number of hydrogen-bond acceptors (Lipinski definition) is 9. The molecular weight excluding hydrogens is 599 g/mol. The minimum absolute atomic E-state index is 0.0827. The van der Waals surface area contributed by atoms with Crippen LogP contribution in [0.2, 0.25) is 0 Å². The number of aliphatic hydroxyl groups excluding tert-OH is 1. The standard InChI is InChI=1S/C34H45FN2O7S/c1-8-22-18-31(4)23(17-26(22)37(36)25-12-10-24(35)11-13-25)9-14-27-30(3)15-16-34(44-21(2)38,29(40)20-43-45(7,41)42)32(30,5)19-28(39)33(27,31)6/h8,10-13,17,27-28,39H,1,9,14-16,18-20,36H2,2-7H3/t27?,28-,30-,31?,32?,33+,34?/m0/s1. The van der Waals surface area contributed by atoms with Crippen LogP contribution in [0.1, 0.15) is 73.1 Å². The number of nitrogens with zero attached hydrogens (tertiary/aromatic N) is 1. The predicted molar refractivity (Wildman–Crippen MR) is 168 cm³/mol. The van der Waals surface area contributed by atoms with Crippen molar-refractivity contribution < 1.29 is 36.4 Å². The van der Waals surface area contributed by atoms with Crippen molar-refractivity contribution in [1.29, 1.82) is 0 Å². The molecule has 3 N–H and O–H groups in total. The molecule has 7 atom stereocenters. The Morgan fingerprint density at radius 2 is 1.82 bits per heavy atom. The van der Waals surface area contributed by atoms with E-state index in [0.29, 0.717) is 31.4 Å². The van der Waals surface area contributed by atoms with Crippen LogP contribution in [0.3, 0.4) is 0 Å². The van der Waals surface area contributed by atoms with Crippen LogP contribution in [0, 0.1) is 33.4 Å². The highest BCUT2D eigenvalue weighted by molar-refractivity contribution is 7.86. The van der Waals surface area contributed by atoms with Gasteiger partial charge in [0.2, 0.25) is 5.78 Å². The highest BCUT2D eigenvalue weighted by Gasteiger charge is 2.78. The van der Waals surface area contributed by atoms with Gasteiger partial charge < -0.3 is 9.84 Å². The SMILES string of the molecule is C=CC1=C(N(N)c2ccc(F)cc2)C=C2CCC3[C@]4(C)CCC(OC(C)=O)(C(=O)COS(C)(=O)=O)C4(C)C[C@H](O)[C@]3(C)C2(C)C1. The molecule has 0 radical (unpaired) electrons. The van der Waals surface area contributed by atoms with Gasteiger partial charge in [-0.1, -0.05) is 45.9 Å². The number of esters is 1. The number of ether oxygens (including phenoxy) is 1. The minimum Gasteiger partial charge on any atom is -0.451 e. The molecule has 4 unspecified atom stereocenters. The number of allylic oxidation sites excluding steroid dienone is 4. The maximum atomic E-state index is 13.9. The van der Waals surface area contributed by atoms with Crippen LogP contribution in [0.4, 0.5) is 10.1 Å². The zero-order valence-electron chi connectivity index (χ0n) is 27.0. The number of aliphatic hydroxyl groups is 1. The number of carbonyl (C=O) groups is 2. The fraction of sp³-hybridized carbons (Fsp3) is 0.588. The molecule has 0 heterocycles. The van der Waals surface area contributed by atoms with E-state index in [0.717, 1.165) is 23.1 Å². The molecule has 4 aliphatic rings.